The second kappa shape index (κ2) is 7.05. The van der Waals surface area contributed by atoms with Gasteiger partial charge in [0, 0.05) is 5.69 Å². The van der Waals surface area contributed by atoms with Crippen LogP contribution in [0.15, 0.2) is 42.5 Å². The highest BCUT2D eigenvalue weighted by Crippen LogP contribution is 2.50. The molecule has 0 saturated heterocycles. The third-order valence-corrected chi connectivity index (χ3v) is 4.54. The molecule has 5 nitrogen and oxygen atoms in total. The molecule has 0 spiro atoms. The number of hydrogen-bond acceptors (Lipinski definition) is 4. The zero-order valence-corrected chi connectivity index (χ0v) is 14.8. The number of rotatable bonds is 7. The Labute approximate surface area is 147 Å². The fourth-order valence-electron chi connectivity index (χ4n) is 2.96. The summed E-state index contributed by atoms with van der Waals surface area (Å²) in [5.74, 6) is 2.10. The molecular formula is C20H23NO4. The van der Waals surface area contributed by atoms with Gasteiger partial charge in [0.15, 0.2) is 11.5 Å². The molecule has 3 rings (SSSR count). The molecule has 1 amide bonds. The molecule has 5 heteroatoms. The molecule has 2 aromatic carbocycles. The smallest absolute Gasteiger partial charge is 0.235 e. The van der Waals surface area contributed by atoms with Crippen molar-refractivity contribution in [2.45, 2.75) is 25.2 Å². The minimum atomic E-state index is -0.488. The van der Waals surface area contributed by atoms with Crippen LogP contribution in [0.4, 0.5) is 5.69 Å². The van der Waals surface area contributed by atoms with Crippen LogP contribution in [0, 0.1) is 0 Å². The van der Waals surface area contributed by atoms with Crippen LogP contribution in [-0.2, 0) is 10.2 Å². The van der Waals surface area contributed by atoms with E-state index in [-0.39, 0.29) is 5.91 Å². The van der Waals surface area contributed by atoms with Gasteiger partial charge < -0.3 is 19.5 Å². The van der Waals surface area contributed by atoms with Crippen LogP contribution < -0.4 is 19.5 Å². The van der Waals surface area contributed by atoms with Crippen molar-refractivity contribution in [3.8, 4) is 17.2 Å². The molecule has 0 atom stereocenters. The lowest BCUT2D eigenvalue weighted by Crippen LogP contribution is -2.27. The Bertz CT molecular complexity index is 751. The van der Waals surface area contributed by atoms with Gasteiger partial charge in [-0.1, -0.05) is 6.07 Å². The van der Waals surface area contributed by atoms with Crippen LogP contribution in [0.3, 0.4) is 0 Å². The van der Waals surface area contributed by atoms with Crippen molar-refractivity contribution in [2.75, 3.05) is 26.1 Å². The van der Waals surface area contributed by atoms with E-state index in [2.05, 4.69) is 5.32 Å². The number of ether oxygens (including phenoxy) is 3. The van der Waals surface area contributed by atoms with E-state index in [0.29, 0.717) is 18.1 Å². The zero-order chi connectivity index (χ0) is 17.9. The van der Waals surface area contributed by atoms with E-state index in [4.69, 9.17) is 14.2 Å². The Balaban J connectivity index is 1.77. The Morgan fingerprint density at radius 2 is 1.72 bits per heavy atom. The number of carbonyl (C=O) groups excluding carboxylic acids is 1. The molecule has 1 aliphatic carbocycles. The Morgan fingerprint density at radius 1 is 1.04 bits per heavy atom. The third-order valence-electron chi connectivity index (χ3n) is 4.54. The number of hydrogen-bond donors (Lipinski definition) is 1. The normalized spacial score (nSPS) is 14.5. The summed E-state index contributed by atoms with van der Waals surface area (Å²) < 4.78 is 16.1. The maximum Gasteiger partial charge on any atom is 0.235 e. The van der Waals surface area contributed by atoms with Gasteiger partial charge in [0.2, 0.25) is 5.91 Å². The van der Waals surface area contributed by atoms with Crippen LogP contribution in [0.1, 0.15) is 25.3 Å². The first kappa shape index (κ1) is 17.1. The molecule has 0 unspecified atom stereocenters. The molecule has 1 aliphatic rings. The van der Waals surface area contributed by atoms with Gasteiger partial charge in [0.05, 0.1) is 26.2 Å². The first-order valence-electron chi connectivity index (χ1n) is 8.40. The van der Waals surface area contributed by atoms with Gasteiger partial charge in [0.25, 0.3) is 0 Å². The van der Waals surface area contributed by atoms with Crippen molar-refractivity contribution in [3.05, 3.63) is 48.0 Å². The molecule has 0 aliphatic heterocycles. The number of amides is 1. The molecule has 0 bridgehead atoms. The summed E-state index contributed by atoms with van der Waals surface area (Å²) in [6, 6.07) is 13.1. The average Bonchev–Trinajstić information content (AvgIpc) is 3.45. The molecule has 0 heterocycles. The molecule has 1 saturated carbocycles. The summed E-state index contributed by atoms with van der Waals surface area (Å²) in [5, 5.41) is 3.01. The van der Waals surface area contributed by atoms with Crippen molar-refractivity contribution in [1.82, 2.24) is 0 Å². The largest absolute Gasteiger partial charge is 0.494 e. The Morgan fingerprint density at radius 3 is 2.28 bits per heavy atom. The summed E-state index contributed by atoms with van der Waals surface area (Å²) in [6.07, 6.45) is 1.65. The molecule has 0 aromatic heterocycles. The minimum Gasteiger partial charge on any atom is -0.494 e. The van der Waals surface area contributed by atoms with E-state index >= 15 is 0 Å². The van der Waals surface area contributed by atoms with Gasteiger partial charge in [-0.05, 0) is 61.7 Å². The average molecular weight is 341 g/mol. The zero-order valence-electron chi connectivity index (χ0n) is 14.8. The molecule has 2 aromatic rings. The van der Waals surface area contributed by atoms with E-state index in [1.807, 2.05) is 49.4 Å². The lowest BCUT2D eigenvalue weighted by Gasteiger charge is -2.18. The van der Waals surface area contributed by atoms with Gasteiger partial charge in [-0.3, -0.25) is 4.79 Å². The second-order valence-corrected chi connectivity index (χ2v) is 6.06. The van der Waals surface area contributed by atoms with Crippen molar-refractivity contribution in [2.24, 2.45) is 0 Å². The van der Waals surface area contributed by atoms with Crippen LogP contribution in [0.25, 0.3) is 0 Å². The van der Waals surface area contributed by atoms with Crippen LogP contribution >= 0.6 is 0 Å². The van der Waals surface area contributed by atoms with Gasteiger partial charge in [0.1, 0.15) is 5.75 Å². The standard InChI is InChI=1S/C20H23NO4/c1-4-25-16-8-6-15(7-9-16)21-19(22)20(11-12-20)14-5-10-17(23-2)18(13-14)24-3/h5-10,13H,4,11-12H2,1-3H3,(H,21,22). The van der Waals surface area contributed by atoms with Crippen LogP contribution in [0.5, 0.6) is 17.2 Å². The van der Waals surface area contributed by atoms with Crippen molar-refractivity contribution in [1.29, 1.82) is 0 Å². The predicted octanol–water partition coefficient (Wildman–Crippen LogP) is 3.77. The van der Waals surface area contributed by atoms with Gasteiger partial charge in [-0.25, -0.2) is 0 Å². The molecule has 1 fully saturated rings. The lowest BCUT2D eigenvalue weighted by atomic mass is 9.94. The first-order valence-corrected chi connectivity index (χ1v) is 8.40. The van der Waals surface area contributed by atoms with E-state index in [1.54, 1.807) is 14.2 Å². The van der Waals surface area contributed by atoms with E-state index in [9.17, 15) is 4.79 Å². The molecule has 0 radical (unpaired) electrons. The summed E-state index contributed by atoms with van der Waals surface area (Å²) in [5.41, 5.74) is 1.23. The minimum absolute atomic E-state index is 0.00359. The van der Waals surface area contributed by atoms with Crippen LogP contribution in [-0.4, -0.2) is 26.7 Å². The molecule has 1 N–H and O–H groups in total. The summed E-state index contributed by atoms with van der Waals surface area (Å²) in [4.78, 5) is 12.8. The second-order valence-electron chi connectivity index (χ2n) is 6.06. The Hall–Kier alpha value is -2.69. The highest BCUT2D eigenvalue weighted by Gasteiger charge is 2.51. The maximum absolute atomic E-state index is 12.8. The quantitative estimate of drug-likeness (QED) is 0.833. The number of carbonyl (C=O) groups is 1. The third kappa shape index (κ3) is 3.40. The SMILES string of the molecule is CCOc1ccc(NC(=O)C2(c3ccc(OC)c(OC)c3)CC2)cc1. The highest BCUT2D eigenvalue weighted by atomic mass is 16.5. The van der Waals surface area contributed by atoms with Crippen molar-refractivity contribution < 1.29 is 19.0 Å². The van der Waals surface area contributed by atoms with Crippen molar-refractivity contribution in [3.63, 3.8) is 0 Å². The van der Waals surface area contributed by atoms with Gasteiger partial charge >= 0.3 is 0 Å². The highest BCUT2D eigenvalue weighted by molar-refractivity contribution is 6.01. The monoisotopic (exact) mass is 341 g/mol. The van der Waals surface area contributed by atoms with E-state index in [1.165, 1.54) is 0 Å². The lowest BCUT2D eigenvalue weighted by molar-refractivity contribution is -0.118. The van der Waals surface area contributed by atoms with E-state index in [0.717, 1.165) is 29.8 Å². The summed E-state index contributed by atoms with van der Waals surface area (Å²) >= 11 is 0. The molecule has 25 heavy (non-hydrogen) atoms. The number of methoxy groups -OCH3 is 2. The van der Waals surface area contributed by atoms with Crippen LogP contribution in [0.2, 0.25) is 0 Å². The first-order chi connectivity index (χ1) is 12.1. The molecule has 132 valence electrons. The maximum atomic E-state index is 12.8. The number of nitrogens with one attached hydrogen (secondary N) is 1. The fourth-order valence-corrected chi connectivity index (χ4v) is 2.96. The summed E-state index contributed by atoms with van der Waals surface area (Å²) in [7, 11) is 3.20. The van der Waals surface area contributed by atoms with E-state index < -0.39 is 5.41 Å². The van der Waals surface area contributed by atoms with Gasteiger partial charge in [-0.2, -0.15) is 0 Å². The molecular weight excluding hydrogens is 318 g/mol. The fraction of sp³-hybridized carbons (Fsp3) is 0.350. The van der Waals surface area contributed by atoms with Gasteiger partial charge in [-0.15, -0.1) is 0 Å². The van der Waals surface area contributed by atoms with Crippen molar-refractivity contribution >= 4 is 11.6 Å². The number of benzene rings is 2. The summed E-state index contributed by atoms with van der Waals surface area (Å²) in [6.45, 7) is 2.56. The Kier molecular flexibility index (Phi) is 4.83. The topological polar surface area (TPSA) is 56.8 Å². The predicted molar refractivity (Wildman–Crippen MR) is 96.7 cm³/mol. The number of anilines is 1.